The highest BCUT2D eigenvalue weighted by molar-refractivity contribution is 5.44. The Hall–Kier alpha value is -2.69. The molecule has 0 N–H and O–H groups in total. The molecule has 198 valence electrons. The van der Waals surface area contributed by atoms with Crippen LogP contribution in [-0.4, -0.2) is 28.4 Å². The first-order valence-electron chi connectivity index (χ1n) is 12.1. The van der Waals surface area contributed by atoms with Crippen molar-refractivity contribution in [2.75, 3.05) is 6.61 Å². The quantitative estimate of drug-likeness (QED) is 0.269. The van der Waals surface area contributed by atoms with Crippen LogP contribution in [0.15, 0.2) is 36.5 Å². The molecule has 4 rings (SSSR count). The van der Waals surface area contributed by atoms with Gasteiger partial charge in [-0.3, -0.25) is 0 Å². The second-order valence-corrected chi connectivity index (χ2v) is 9.15. The number of fused-ring (bicyclic) bond motifs is 2. The molecule has 2 aromatic rings. The van der Waals surface area contributed by atoms with Crippen LogP contribution in [0, 0.1) is 0 Å². The third-order valence-corrected chi connectivity index (χ3v) is 6.52. The van der Waals surface area contributed by atoms with Gasteiger partial charge in [0, 0.05) is 25.1 Å². The topological polar surface area (TPSA) is 43.8 Å². The summed E-state index contributed by atoms with van der Waals surface area (Å²) in [6.45, 7) is 2.18. The Balaban J connectivity index is 1.63. The van der Waals surface area contributed by atoms with E-state index in [-0.39, 0.29) is 30.0 Å². The van der Waals surface area contributed by atoms with Crippen molar-refractivity contribution in [3.63, 3.8) is 0 Å². The van der Waals surface area contributed by atoms with E-state index in [1.54, 1.807) is 5.06 Å². The zero-order valence-electron chi connectivity index (χ0n) is 19.8. The van der Waals surface area contributed by atoms with Crippen LogP contribution in [-0.2, 0) is 12.4 Å². The van der Waals surface area contributed by atoms with Gasteiger partial charge < -0.3 is 14.3 Å². The molecule has 0 atom stereocenters. The summed E-state index contributed by atoms with van der Waals surface area (Å²) < 4.78 is 90.9. The molecule has 2 aliphatic rings. The monoisotopic (exact) mass is 518 g/mol. The van der Waals surface area contributed by atoms with Crippen molar-refractivity contribution in [2.45, 2.75) is 82.4 Å². The van der Waals surface area contributed by atoms with Gasteiger partial charge in [0.15, 0.2) is 17.2 Å². The van der Waals surface area contributed by atoms with Crippen LogP contribution < -0.4 is 14.3 Å². The average molecular weight is 518 g/mol. The molecule has 5 nitrogen and oxygen atoms in total. The summed E-state index contributed by atoms with van der Waals surface area (Å²) in [6, 6.07) is 5.11. The van der Waals surface area contributed by atoms with Gasteiger partial charge in [0.05, 0.1) is 23.8 Å². The fourth-order valence-electron chi connectivity index (χ4n) is 4.70. The maximum absolute atomic E-state index is 13.4. The highest BCUT2D eigenvalue weighted by atomic mass is 19.4. The number of ether oxygens (including phenoxy) is 2. The first-order chi connectivity index (χ1) is 17.0. The smallest absolute Gasteiger partial charge is 0.417 e. The fourth-order valence-corrected chi connectivity index (χ4v) is 4.70. The number of hydroxylamine groups is 2. The highest BCUT2D eigenvalue weighted by Gasteiger charge is 2.51. The van der Waals surface area contributed by atoms with Crippen molar-refractivity contribution >= 4 is 0 Å². The average Bonchev–Trinajstić information content (AvgIpc) is 2.80. The molecule has 2 saturated heterocycles. The molecule has 2 bridgehead atoms. The number of pyridine rings is 1. The van der Waals surface area contributed by atoms with E-state index in [4.69, 9.17) is 14.3 Å². The van der Waals surface area contributed by atoms with Crippen LogP contribution in [0.4, 0.5) is 26.3 Å². The largest absolute Gasteiger partial charge is 0.490 e. The molecule has 0 aliphatic carbocycles. The van der Waals surface area contributed by atoms with Crippen LogP contribution in [0.25, 0.3) is 0 Å². The molecule has 1 aromatic carbocycles. The Morgan fingerprint density at radius 1 is 0.944 bits per heavy atom. The molecule has 1 aromatic heterocycles. The first-order valence-corrected chi connectivity index (χ1v) is 12.1. The standard InChI is InChI=1S/C25H28F6N2O3/c1-2-3-14-34-21-15-17(24(26,27)28)8-10-20(21)35-23-12-4-6-19(7-5-13-23)33(23)36-22-11-9-18(16-32-22)25(29,30)31/h8-11,15-16,19H,2-7,12-14H2,1H3. The molecular weight excluding hydrogens is 490 g/mol. The van der Waals surface area contributed by atoms with E-state index >= 15 is 0 Å². The van der Waals surface area contributed by atoms with Crippen LogP contribution >= 0.6 is 0 Å². The summed E-state index contributed by atoms with van der Waals surface area (Å²) in [6.07, 6.45) is -2.64. The van der Waals surface area contributed by atoms with Crippen molar-refractivity contribution in [1.82, 2.24) is 10.0 Å². The van der Waals surface area contributed by atoms with Crippen LogP contribution in [0.3, 0.4) is 0 Å². The number of rotatable bonds is 8. The molecule has 0 unspecified atom stereocenters. The Bertz CT molecular complexity index is 1020. The van der Waals surface area contributed by atoms with E-state index in [2.05, 4.69) is 4.98 Å². The fraction of sp³-hybridized carbons (Fsp3) is 0.560. The summed E-state index contributed by atoms with van der Waals surface area (Å²) in [4.78, 5) is 9.81. The van der Waals surface area contributed by atoms with Gasteiger partial charge in [-0.25, -0.2) is 4.98 Å². The minimum Gasteiger partial charge on any atom is -0.490 e. The minimum atomic E-state index is -4.54. The number of hydrogen-bond acceptors (Lipinski definition) is 5. The van der Waals surface area contributed by atoms with Crippen LogP contribution in [0.2, 0.25) is 0 Å². The Labute approximate surface area is 205 Å². The molecule has 2 fully saturated rings. The van der Waals surface area contributed by atoms with E-state index in [1.807, 2.05) is 6.92 Å². The lowest BCUT2D eigenvalue weighted by atomic mass is 9.83. The van der Waals surface area contributed by atoms with E-state index < -0.39 is 29.2 Å². The predicted molar refractivity (Wildman–Crippen MR) is 118 cm³/mol. The third-order valence-electron chi connectivity index (χ3n) is 6.52. The molecule has 36 heavy (non-hydrogen) atoms. The molecule has 0 spiro atoms. The van der Waals surface area contributed by atoms with Gasteiger partial charge in [0.1, 0.15) is 0 Å². The number of unbranched alkanes of at least 4 members (excludes halogenated alkanes) is 1. The van der Waals surface area contributed by atoms with E-state index in [0.717, 1.165) is 56.4 Å². The van der Waals surface area contributed by atoms with Crippen molar-refractivity contribution in [1.29, 1.82) is 0 Å². The SMILES string of the molecule is CCCCOc1cc(C(F)(F)F)ccc1OC12CCCC(CCC1)N2Oc1ccc(C(F)(F)F)cn1. The Morgan fingerprint density at radius 3 is 2.19 bits per heavy atom. The minimum absolute atomic E-state index is 0.00653. The number of aromatic nitrogens is 1. The summed E-state index contributed by atoms with van der Waals surface area (Å²) in [7, 11) is 0. The van der Waals surface area contributed by atoms with Crippen molar-refractivity contribution in [3.05, 3.63) is 47.7 Å². The van der Waals surface area contributed by atoms with Gasteiger partial charge in [0.25, 0.3) is 0 Å². The summed E-state index contributed by atoms with van der Waals surface area (Å²) in [5.41, 5.74) is -2.75. The van der Waals surface area contributed by atoms with Crippen molar-refractivity contribution < 1.29 is 40.7 Å². The lowest BCUT2D eigenvalue weighted by Gasteiger charge is -2.52. The van der Waals surface area contributed by atoms with Crippen molar-refractivity contribution in [3.8, 4) is 17.4 Å². The number of piperidine rings is 2. The number of nitrogens with zero attached hydrogens (tertiary/aromatic N) is 2. The predicted octanol–water partition coefficient (Wildman–Crippen LogP) is 7.41. The maximum atomic E-state index is 13.4. The van der Waals surface area contributed by atoms with Gasteiger partial charge >= 0.3 is 12.4 Å². The summed E-state index contributed by atoms with van der Waals surface area (Å²) >= 11 is 0. The zero-order chi connectivity index (χ0) is 26.0. The molecule has 3 heterocycles. The van der Waals surface area contributed by atoms with E-state index in [0.29, 0.717) is 25.5 Å². The van der Waals surface area contributed by atoms with E-state index in [1.165, 1.54) is 6.07 Å². The summed E-state index contributed by atoms with van der Waals surface area (Å²) in [5.74, 6) is 0.139. The number of hydrogen-bond donors (Lipinski definition) is 0. The van der Waals surface area contributed by atoms with Gasteiger partial charge in [-0.05, 0) is 56.4 Å². The number of benzene rings is 1. The van der Waals surface area contributed by atoms with Crippen molar-refractivity contribution in [2.24, 2.45) is 0 Å². The van der Waals surface area contributed by atoms with E-state index in [9.17, 15) is 26.3 Å². The van der Waals surface area contributed by atoms with Gasteiger partial charge in [-0.2, -0.15) is 26.3 Å². The zero-order valence-corrected chi connectivity index (χ0v) is 19.8. The van der Waals surface area contributed by atoms with Gasteiger partial charge in [-0.15, -0.1) is 0 Å². The third kappa shape index (κ3) is 5.82. The van der Waals surface area contributed by atoms with Crippen LogP contribution in [0.5, 0.6) is 17.4 Å². The molecule has 0 radical (unpaired) electrons. The molecule has 0 amide bonds. The highest BCUT2D eigenvalue weighted by Crippen LogP contribution is 2.46. The first kappa shape index (κ1) is 26.4. The molecule has 0 saturated carbocycles. The molecule has 11 heteroatoms. The second kappa shape index (κ2) is 10.4. The number of halogens is 6. The maximum Gasteiger partial charge on any atom is 0.417 e. The number of alkyl halides is 6. The Kier molecular flexibility index (Phi) is 7.59. The van der Waals surface area contributed by atoms with Gasteiger partial charge in [-0.1, -0.05) is 18.4 Å². The normalized spacial score (nSPS) is 22.8. The lowest BCUT2D eigenvalue weighted by Crippen LogP contribution is -2.63. The van der Waals surface area contributed by atoms with Gasteiger partial charge in [0.2, 0.25) is 5.88 Å². The second-order valence-electron chi connectivity index (χ2n) is 9.15. The lowest BCUT2D eigenvalue weighted by molar-refractivity contribution is -0.287. The molecular formula is C25H28F6N2O3. The summed E-state index contributed by atoms with van der Waals surface area (Å²) in [5, 5.41) is 1.63. The molecule has 2 aliphatic heterocycles. The Morgan fingerprint density at radius 2 is 1.61 bits per heavy atom. The van der Waals surface area contributed by atoms with Crippen LogP contribution in [0.1, 0.15) is 69.4 Å².